The number of carbonyl (C=O) groups excluding carboxylic acids is 1. The molecule has 1 fully saturated rings. The van der Waals surface area contributed by atoms with Crippen molar-refractivity contribution in [2.75, 3.05) is 49.6 Å². The van der Waals surface area contributed by atoms with Crippen LogP contribution in [0.25, 0.3) is 4.96 Å². The molecule has 0 saturated carbocycles. The number of hydrogen-bond donors (Lipinski definition) is 0. The van der Waals surface area contributed by atoms with Crippen molar-refractivity contribution >= 4 is 33.0 Å². The predicted octanol–water partition coefficient (Wildman–Crippen LogP) is 2.03. The molecule has 0 unspecified atom stereocenters. The number of nitrogens with zero attached hydrogens (tertiary/aromatic N) is 6. The minimum atomic E-state index is -0.246. The van der Waals surface area contributed by atoms with Crippen LogP contribution in [0.4, 0.5) is 15.2 Å². The van der Waals surface area contributed by atoms with E-state index in [-0.39, 0.29) is 23.8 Å². The summed E-state index contributed by atoms with van der Waals surface area (Å²) in [6.07, 6.45) is 1.65. The second-order valence-electron chi connectivity index (χ2n) is 7.59. The van der Waals surface area contributed by atoms with Gasteiger partial charge in [0.2, 0.25) is 16.0 Å². The third-order valence-electron chi connectivity index (χ3n) is 5.32. The normalized spacial score (nSPS) is 14.3. The number of piperazine rings is 1. The molecule has 0 spiro atoms. The van der Waals surface area contributed by atoms with E-state index in [1.54, 1.807) is 29.0 Å². The molecule has 8 nitrogen and oxygen atoms in total. The van der Waals surface area contributed by atoms with Gasteiger partial charge in [-0.15, -0.1) is 5.10 Å². The van der Waals surface area contributed by atoms with Crippen LogP contribution in [-0.2, 0) is 11.2 Å². The Bertz CT molecular complexity index is 1140. The van der Waals surface area contributed by atoms with Gasteiger partial charge in [0.05, 0.1) is 12.2 Å². The molecule has 1 amide bonds. The van der Waals surface area contributed by atoms with E-state index >= 15 is 0 Å². The van der Waals surface area contributed by atoms with E-state index < -0.39 is 0 Å². The van der Waals surface area contributed by atoms with E-state index in [1.807, 2.05) is 17.9 Å². The highest BCUT2D eigenvalue weighted by Crippen LogP contribution is 2.22. The molecule has 1 aliphatic heterocycles. The number of aromatic nitrogens is 3. The largest absolute Gasteiger partial charge is 0.366 e. The first-order valence-corrected chi connectivity index (χ1v) is 11.2. The molecule has 0 atom stereocenters. The highest BCUT2D eigenvalue weighted by Gasteiger charge is 2.24. The molecular weight excluding hydrogens is 419 g/mol. The fourth-order valence-electron chi connectivity index (χ4n) is 3.66. The van der Waals surface area contributed by atoms with Crippen molar-refractivity contribution in [3.05, 3.63) is 52.2 Å². The van der Waals surface area contributed by atoms with Crippen LogP contribution in [-0.4, -0.2) is 65.2 Å². The van der Waals surface area contributed by atoms with E-state index in [1.165, 1.54) is 28.0 Å². The van der Waals surface area contributed by atoms with Gasteiger partial charge in [-0.25, -0.2) is 9.37 Å². The highest BCUT2D eigenvalue weighted by molar-refractivity contribution is 7.20. The van der Waals surface area contributed by atoms with Gasteiger partial charge in [0.1, 0.15) is 5.82 Å². The zero-order valence-electron chi connectivity index (χ0n) is 17.6. The molecular formula is C21H25FN6O2S. The number of halogens is 1. The Morgan fingerprint density at radius 2 is 1.97 bits per heavy atom. The van der Waals surface area contributed by atoms with Gasteiger partial charge in [0.15, 0.2) is 0 Å². The van der Waals surface area contributed by atoms with Crippen molar-refractivity contribution in [1.29, 1.82) is 0 Å². The number of carbonyl (C=O) groups is 1. The summed E-state index contributed by atoms with van der Waals surface area (Å²) in [5, 5.41) is 4.90. The average molecular weight is 445 g/mol. The number of hydrogen-bond acceptors (Lipinski definition) is 7. The molecule has 1 saturated heterocycles. The molecule has 0 N–H and O–H groups in total. The lowest BCUT2D eigenvalue weighted by Crippen LogP contribution is -2.51. The van der Waals surface area contributed by atoms with Crippen LogP contribution in [0.1, 0.15) is 19.0 Å². The number of benzene rings is 1. The maximum absolute atomic E-state index is 14.0. The molecule has 0 radical (unpaired) electrons. The molecule has 3 heterocycles. The SMILES string of the molecule is CCCc1cc(=O)n2nc(N(C)CC(=O)N3CCN(c4ccccc4F)CC3)sc2n1. The van der Waals surface area contributed by atoms with E-state index in [2.05, 4.69) is 10.1 Å². The summed E-state index contributed by atoms with van der Waals surface area (Å²) in [6.45, 7) is 4.41. The second-order valence-corrected chi connectivity index (χ2v) is 8.52. The standard InChI is InChI=1S/C21H25FN6O2S/c1-3-6-15-13-18(29)28-20(23-15)31-21(24-28)25(2)14-19(30)27-11-9-26(10-12-27)17-8-5-4-7-16(17)22/h4-5,7-8,13H,3,6,9-12,14H2,1-2H3. The van der Waals surface area contributed by atoms with E-state index in [0.717, 1.165) is 18.5 Å². The summed E-state index contributed by atoms with van der Waals surface area (Å²) >= 11 is 1.29. The third kappa shape index (κ3) is 4.53. The van der Waals surface area contributed by atoms with Gasteiger partial charge in [0.25, 0.3) is 5.56 Å². The molecule has 0 aliphatic carbocycles. The quantitative estimate of drug-likeness (QED) is 0.579. The van der Waals surface area contributed by atoms with E-state index in [4.69, 9.17) is 0 Å². The van der Waals surface area contributed by atoms with Crippen LogP contribution < -0.4 is 15.4 Å². The molecule has 0 bridgehead atoms. The number of para-hydroxylation sites is 1. The van der Waals surface area contributed by atoms with E-state index in [9.17, 15) is 14.0 Å². The third-order valence-corrected chi connectivity index (χ3v) is 6.34. The maximum Gasteiger partial charge on any atom is 0.275 e. The van der Waals surface area contributed by atoms with Crippen molar-refractivity contribution in [3.63, 3.8) is 0 Å². The van der Waals surface area contributed by atoms with Crippen LogP contribution in [0.2, 0.25) is 0 Å². The lowest BCUT2D eigenvalue weighted by Gasteiger charge is -2.36. The lowest BCUT2D eigenvalue weighted by molar-refractivity contribution is -0.129. The Hall–Kier alpha value is -3.01. The first-order valence-electron chi connectivity index (χ1n) is 10.3. The average Bonchev–Trinajstić information content (AvgIpc) is 3.19. The van der Waals surface area contributed by atoms with Gasteiger partial charge in [0, 0.05) is 45.0 Å². The fourth-order valence-corrected chi connectivity index (χ4v) is 4.55. The smallest absolute Gasteiger partial charge is 0.275 e. The molecule has 4 rings (SSSR count). The fraction of sp³-hybridized carbons (Fsp3) is 0.429. The van der Waals surface area contributed by atoms with Crippen molar-refractivity contribution in [2.45, 2.75) is 19.8 Å². The van der Waals surface area contributed by atoms with Crippen LogP contribution in [0, 0.1) is 5.82 Å². The Balaban J connectivity index is 1.39. The summed E-state index contributed by atoms with van der Waals surface area (Å²) in [7, 11) is 1.78. The van der Waals surface area contributed by atoms with Crippen molar-refractivity contribution < 1.29 is 9.18 Å². The Morgan fingerprint density at radius 3 is 2.68 bits per heavy atom. The Labute approximate surface area is 183 Å². The first kappa shape index (κ1) is 21.2. The molecule has 10 heteroatoms. The number of anilines is 2. The minimum Gasteiger partial charge on any atom is -0.366 e. The number of likely N-dealkylation sites (N-methyl/N-ethyl adjacent to an activating group) is 1. The topological polar surface area (TPSA) is 74.1 Å². The van der Waals surface area contributed by atoms with Crippen LogP contribution in [0.5, 0.6) is 0 Å². The Morgan fingerprint density at radius 1 is 1.23 bits per heavy atom. The summed E-state index contributed by atoms with van der Waals surface area (Å²) in [4.78, 5) is 35.6. The summed E-state index contributed by atoms with van der Waals surface area (Å²) in [5.41, 5.74) is 1.12. The number of aryl methyl sites for hydroxylation is 1. The molecule has 31 heavy (non-hydrogen) atoms. The van der Waals surface area contributed by atoms with Gasteiger partial charge in [-0.05, 0) is 18.6 Å². The summed E-state index contributed by atoms with van der Waals surface area (Å²) < 4.78 is 15.3. The van der Waals surface area contributed by atoms with Gasteiger partial charge in [-0.3, -0.25) is 9.59 Å². The zero-order chi connectivity index (χ0) is 22.0. The second kappa shape index (κ2) is 9.01. The molecule has 3 aromatic rings. The van der Waals surface area contributed by atoms with Crippen LogP contribution in [0.3, 0.4) is 0 Å². The van der Waals surface area contributed by atoms with E-state index in [0.29, 0.717) is 42.0 Å². The van der Waals surface area contributed by atoms with Crippen molar-refractivity contribution in [2.24, 2.45) is 0 Å². The molecule has 1 aromatic carbocycles. The van der Waals surface area contributed by atoms with Crippen LogP contribution >= 0.6 is 11.3 Å². The summed E-state index contributed by atoms with van der Waals surface area (Å²) in [6, 6.07) is 8.21. The predicted molar refractivity (Wildman–Crippen MR) is 120 cm³/mol. The zero-order valence-corrected chi connectivity index (χ0v) is 18.4. The Kier molecular flexibility index (Phi) is 6.17. The number of fused-ring (bicyclic) bond motifs is 1. The molecule has 2 aromatic heterocycles. The number of amides is 1. The van der Waals surface area contributed by atoms with Crippen molar-refractivity contribution in [3.8, 4) is 0 Å². The van der Waals surface area contributed by atoms with Crippen LogP contribution in [0.15, 0.2) is 35.1 Å². The van der Waals surface area contributed by atoms with Gasteiger partial charge >= 0.3 is 0 Å². The monoisotopic (exact) mass is 444 g/mol. The van der Waals surface area contributed by atoms with Gasteiger partial charge < -0.3 is 14.7 Å². The first-order chi connectivity index (χ1) is 15.0. The molecule has 164 valence electrons. The number of rotatable bonds is 6. The summed E-state index contributed by atoms with van der Waals surface area (Å²) in [5.74, 6) is -0.272. The van der Waals surface area contributed by atoms with Crippen molar-refractivity contribution in [1.82, 2.24) is 19.5 Å². The maximum atomic E-state index is 14.0. The molecule has 1 aliphatic rings. The van der Waals surface area contributed by atoms with Gasteiger partial charge in [-0.1, -0.05) is 36.8 Å². The van der Waals surface area contributed by atoms with Gasteiger partial charge in [-0.2, -0.15) is 4.52 Å². The minimum absolute atomic E-state index is 0.0260. The lowest BCUT2D eigenvalue weighted by atomic mass is 10.2. The highest BCUT2D eigenvalue weighted by atomic mass is 32.1.